The van der Waals surface area contributed by atoms with E-state index in [0.717, 1.165) is 0 Å². The number of rotatable bonds is 5. The Morgan fingerprint density at radius 3 is 2.62 bits per heavy atom. The van der Waals surface area contributed by atoms with Crippen molar-refractivity contribution in [1.29, 1.82) is 0 Å². The number of sulfonamides is 1. The van der Waals surface area contributed by atoms with Crippen LogP contribution in [0.1, 0.15) is 6.92 Å². The summed E-state index contributed by atoms with van der Waals surface area (Å²) in [6.07, 6.45) is 0. The van der Waals surface area contributed by atoms with Crippen LogP contribution in [0.4, 0.5) is 5.69 Å². The highest BCUT2D eigenvalue weighted by Crippen LogP contribution is 2.28. The maximum Gasteiger partial charge on any atom is 0.246 e. The molecule has 90 valence electrons. The van der Waals surface area contributed by atoms with E-state index in [9.17, 15) is 8.42 Å². The third kappa shape index (κ3) is 3.73. The highest BCUT2D eigenvalue weighted by molar-refractivity contribution is 7.93. The van der Waals surface area contributed by atoms with Gasteiger partial charge in [-0.15, -0.1) is 11.6 Å². The van der Waals surface area contributed by atoms with Gasteiger partial charge in [0.2, 0.25) is 10.0 Å². The lowest BCUT2D eigenvalue weighted by Crippen LogP contribution is -2.13. The van der Waals surface area contributed by atoms with Gasteiger partial charge in [-0.1, -0.05) is 11.6 Å². The van der Waals surface area contributed by atoms with Gasteiger partial charge in [-0.2, -0.15) is 0 Å². The van der Waals surface area contributed by atoms with Crippen molar-refractivity contribution < 1.29 is 13.2 Å². The van der Waals surface area contributed by atoms with Gasteiger partial charge in [-0.25, -0.2) is 8.42 Å². The maximum absolute atomic E-state index is 11.2. The first-order chi connectivity index (χ1) is 7.48. The minimum atomic E-state index is -3.50. The van der Waals surface area contributed by atoms with Crippen LogP contribution < -0.4 is 9.46 Å². The van der Waals surface area contributed by atoms with Crippen molar-refractivity contribution in [3.8, 4) is 5.75 Å². The number of hydrogen-bond acceptors (Lipinski definition) is 3. The Morgan fingerprint density at radius 1 is 1.44 bits per heavy atom. The molecule has 0 atom stereocenters. The first kappa shape index (κ1) is 13.4. The van der Waals surface area contributed by atoms with Crippen LogP contribution in [0.3, 0.4) is 0 Å². The zero-order chi connectivity index (χ0) is 12.2. The summed E-state index contributed by atoms with van der Waals surface area (Å²) in [7, 11) is -3.50. The molecule has 0 fully saturated rings. The summed E-state index contributed by atoms with van der Waals surface area (Å²) in [5.41, 5.74) is 0.356. The van der Waals surface area contributed by atoms with E-state index in [1.165, 1.54) is 6.07 Å². The van der Waals surface area contributed by atoms with Crippen molar-refractivity contribution in [1.82, 2.24) is 0 Å². The van der Waals surface area contributed by atoms with Gasteiger partial charge < -0.3 is 4.74 Å². The number of halogens is 2. The summed E-state index contributed by atoms with van der Waals surface area (Å²) in [4.78, 5) is 0. The van der Waals surface area contributed by atoms with Crippen LogP contribution in [0.5, 0.6) is 5.75 Å². The molecule has 4 nitrogen and oxygen atoms in total. The predicted molar refractivity (Wildman–Crippen MR) is 65.9 cm³/mol. The van der Waals surface area contributed by atoms with Crippen LogP contribution in [0, 0.1) is 0 Å². The van der Waals surface area contributed by atoms with Crippen LogP contribution in [0.15, 0.2) is 18.2 Å². The predicted octanol–water partition coefficient (Wildman–Crippen LogP) is 2.68. The number of alkyl halides is 1. The van der Waals surface area contributed by atoms with E-state index >= 15 is 0 Å². The Bertz CT molecular complexity index is 462. The van der Waals surface area contributed by atoms with Crippen molar-refractivity contribution in [2.75, 3.05) is 16.5 Å². The van der Waals surface area contributed by atoms with Crippen molar-refractivity contribution in [3.63, 3.8) is 0 Å². The molecule has 0 unspecified atom stereocenters. The van der Waals surface area contributed by atoms with Crippen molar-refractivity contribution >= 4 is 38.9 Å². The number of hydrogen-bond donors (Lipinski definition) is 1. The lowest BCUT2D eigenvalue weighted by molar-refractivity contribution is 0.340. The molecule has 0 spiro atoms. The van der Waals surface area contributed by atoms with E-state index in [2.05, 4.69) is 4.72 Å². The topological polar surface area (TPSA) is 55.4 Å². The highest BCUT2D eigenvalue weighted by Gasteiger charge is 2.09. The third-order valence-corrected chi connectivity index (χ3v) is 3.64. The average molecular weight is 284 g/mol. The molecule has 1 aromatic carbocycles. The lowest BCUT2D eigenvalue weighted by atomic mass is 10.3. The molecule has 0 aromatic heterocycles. The fourth-order valence-corrected chi connectivity index (χ4v) is 1.98. The van der Waals surface area contributed by atoms with E-state index < -0.39 is 15.2 Å². The molecule has 1 N–H and O–H groups in total. The smallest absolute Gasteiger partial charge is 0.246 e. The monoisotopic (exact) mass is 283 g/mol. The molecule has 1 aromatic rings. The molecular formula is C9H11Cl2NO3S. The molecule has 7 heteroatoms. The molecule has 0 aliphatic heterocycles. The van der Waals surface area contributed by atoms with Crippen molar-refractivity contribution in [3.05, 3.63) is 23.2 Å². The van der Waals surface area contributed by atoms with Gasteiger partial charge in [-0.05, 0) is 25.1 Å². The third-order valence-electron chi connectivity index (χ3n) is 1.65. The summed E-state index contributed by atoms with van der Waals surface area (Å²) in [5, 5.41) is -0.158. The van der Waals surface area contributed by atoms with Gasteiger partial charge in [0.25, 0.3) is 0 Å². The van der Waals surface area contributed by atoms with Crippen molar-refractivity contribution in [2.24, 2.45) is 0 Å². The van der Waals surface area contributed by atoms with Gasteiger partial charge in [0, 0.05) is 0 Å². The van der Waals surface area contributed by atoms with Crippen LogP contribution in [-0.2, 0) is 10.0 Å². The first-order valence-corrected chi connectivity index (χ1v) is 7.04. The second kappa shape index (κ2) is 5.61. The van der Waals surface area contributed by atoms with Gasteiger partial charge in [-0.3, -0.25) is 4.72 Å². The molecule has 0 aliphatic rings. The normalized spacial score (nSPS) is 11.2. The molecule has 0 saturated carbocycles. The minimum absolute atomic E-state index is 0.344. The average Bonchev–Trinajstić information content (AvgIpc) is 2.22. The molecular weight excluding hydrogens is 273 g/mol. The van der Waals surface area contributed by atoms with E-state index in [1.807, 2.05) is 6.92 Å². The molecule has 0 bridgehead atoms. The van der Waals surface area contributed by atoms with Gasteiger partial charge in [0.15, 0.2) is 0 Å². The van der Waals surface area contributed by atoms with Gasteiger partial charge >= 0.3 is 0 Å². The Morgan fingerprint density at radius 2 is 2.12 bits per heavy atom. The van der Waals surface area contributed by atoms with E-state index in [0.29, 0.717) is 23.1 Å². The lowest BCUT2D eigenvalue weighted by Gasteiger charge is -2.09. The summed E-state index contributed by atoms with van der Waals surface area (Å²) in [6, 6.07) is 4.62. The Balaban J connectivity index is 2.89. The number of nitrogens with one attached hydrogen (secondary N) is 1. The standard InChI is InChI=1S/C9H11Cl2NO3S/c1-2-15-9-4-3-7(5-8(9)11)12-16(13,14)6-10/h3-5,12H,2,6H2,1H3. The summed E-state index contributed by atoms with van der Waals surface area (Å²) in [6.45, 7) is 2.33. The molecule has 1 rings (SSSR count). The van der Waals surface area contributed by atoms with Crippen LogP contribution in [0.25, 0.3) is 0 Å². The van der Waals surface area contributed by atoms with Gasteiger partial charge in [0.05, 0.1) is 17.3 Å². The number of ether oxygens (including phenoxy) is 1. The number of anilines is 1. The highest BCUT2D eigenvalue weighted by atomic mass is 35.5. The molecule has 0 heterocycles. The second-order valence-corrected chi connectivity index (χ2v) is 5.62. The first-order valence-electron chi connectivity index (χ1n) is 4.47. The van der Waals surface area contributed by atoms with Gasteiger partial charge in [0.1, 0.15) is 11.0 Å². The fraction of sp³-hybridized carbons (Fsp3) is 0.333. The Kier molecular flexibility index (Phi) is 4.70. The maximum atomic E-state index is 11.2. The van der Waals surface area contributed by atoms with Crippen molar-refractivity contribution in [2.45, 2.75) is 6.92 Å². The summed E-state index contributed by atoms with van der Waals surface area (Å²) < 4.78 is 29.8. The largest absolute Gasteiger partial charge is 0.492 e. The van der Waals surface area contributed by atoms with Crippen LogP contribution in [-0.4, -0.2) is 20.2 Å². The zero-order valence-electron chi connectivity index (χ0n) is 8.54. The van der Waals surface area contributed by atoms with Crippen LogP contribution in [0.2, 0.25) is 5.02 Å². The molecule has 0 amide bonds. The molecule has 0 saturated heterocycles. The van der Waals surface area contributed by atoms with E-state index in [1.54, 1.807) is 12.1 Å². The SMILES string of the molecule is CCOc1ccc(NS(=O)(=O)CCl)cc1Cl. The second-order valence-electron chi connectivity index (χ2n) is 2.90. The fourth-order valence-electron chi connectivity index (χ4n) is 1.04. The van der Waals surface area contributed by atoms with E-state index in [-0.39, 0.29) is 0 Å². The molecule has 0 radical (unpaired) electrons. The molecule has 0 aliphatic carbocycles. The van der Waals surface area contributed by atoms with Crippen LogP contribution >= 0.6 is 23.2 Å². The molecule has 16 heavy (non-hydrogen) atoms. The summed E-state index contributed by atoms with van der Waals surface area (Å²) >= 11 is 11.1. The van der Waals surface area contributed by atoms with E-state index in [4.69, 9.17) is 27.9 Å². The quantitative estimate of drug-likeness (QED) is 0.846. The Hall–Kier alpha value is -0.650. The Labute approximate surface area is 105 Å². The number of benzene rings is 1. The summed E-state index contributed by atoms with van der Waals surface area (Å²) in [5.74, 6) is 0.512. The zero-order valence-corrected chi connectivity index (χ0v) is 10.9. The minimum Gasteiger partial charge on any atom is -0.492 e.